The summed E-state index contributed by atoms with van der Waals surface area (Å²) in [5, 5.41) is 12.3. The summed E-state index contributed by atoms with van der Waals surface area (Å²) in [7, 11) is 0. The highest BCUT2D eigenvalue weighted by Gasteiger charge is 2.21. The monoisotopic (exact) mass is 248 g/mol. The number of nitrogens with zero attached hydrogens (tertiary/aromatic N) is 1. The quantitative estimate of drug-likeness (QED) is 0.843. The summed E-state index contributed by atoms with van der Waals surface area (Å²) in [5.41, 5.74) is 2.09. The normalized spacial score (nSPS) is 20.0. The van der Waals surface area contributed by atoms with Crippen LogP contribution in [0.3, 0.4) is 0 Å². The van der Waals surface area contributed by atoms with Crippen molar-refractivity contribution >= 4 is 11.6 Å². The predicted molar refractivity (Wildman–Crippen MR) is 71.5 cm³/mol. The first-order chi connectivity index (χ1) is 8.67. The number of carbonyl (C=O) groups excluding carboxylic acids is 1. The van der Waals surface area contributed by atoms with Gasteiger partial charge < -0.3 is 10.4 Å². The Balaban J connectivity index is 1.83. The molecule has 1 heterocycles. The number of aliphatic hydroxyl groups excluding tert-OH is 1. The molecule has 0 aromatic heterocycles. The lowest BCUT2D eigenvalue weighted by Crippen LogP contribution is -2.32. The molecule has 98 valence electrons. The maximum atomic E-state index is 11.8. The van der Waals surface area contributed by atoms with Crippen LogP contribution >= 0.6 is 0 Å². The number of rotatable bonds is 4. The molecule has 1 saturated heterocycles. The summed E-state index contributed by atoms with van der Waals surface area (Å²) >= 11 is 0. The Morgan fingerprint density at radius 2 is 2.17 bits per heavy atom. The maximum absolute atomic E-state index is 11.8. The minimum Gasteiger partial charge on any atom is -0.392 e. The molecule has 0 aliphatic carbocycles. The number of amides is 1. The van der Waals surface area contributed by atoms with Crippen molar-refractivity contribution < 1.29 is 9.90 Å². The van der Waals surface area contributed by atoms with Crippen LogP contribution < -0.4 is 5.32 Å². The van der Waals surface area contributed by atoms with Crippen molar-refractivity contribution in [2.45, 2.75) is 25.9 Å². The fourth-order valence-electron chi connectivity index (χ4n) is 2.18. The molecule has 1 aromatic rings. The van der Waals surface area contributed by atoms with E-state index in [2.05, 4.69) is 12.2 Å². The molecular formula is C14H20N2O2. The molecule has 1 unspecified atom stereocenters. The molecule has 1 aliphatic rings. The molecule has 4 heteroatoms. The zero-order valence-electron chi connectivity index (χ0n) is 10.7. The topological polar surface area (TPSA) is 52.6 Å². The predicted octanol–water partition coefficient (Wildman–Crippen LogP) is 1.25. The van der Waals surface area contributed by atoms with Crippen LogP contribution in [-0.4, -0.2) is 41.7 Å². The summed E-state index contributed by atoms with van der Waals surface area (Å²) < 4.78 is 0. The summed E-state index contributed by atoms with van der Waals surface area (Å²) in [6, 6.07) is 7.90. The van der Waals surface area contributed by atoms with E-state index in [1.807, 2.05) is 29.2 Å². The standard InChI is InChI=1S/C14H20N2O2/c1-2-11-3-5-12(6-4-11)15-14(18)10-16-8-7-13(17)9-16/h3-6,13,17H,2,7-10H2,1H3,(H,15,18). The zero-order valence-corrected chi connectivity index (χ0v) is 10.7. The van der Waals surface area contributed by atoms with Gasteiger partial charge in [0.05, 0.1) is 12.6 Å². The average molecular weight is 248 g/mol. The van der Waals surface area contributed by atoms with Crippen molar-refractivity contribution in [1.82, 2.24) is 4.90 Å². The van der Waals surface area contributed by atoms with Crippen LogP contribution in [0, 0.1) is 0 Å². The van der Waals surface area contributed by atoms with Crippen molar-refractivity contribution in [3.63, 3.8) is 0 Å². The lowest BCUT2D eigenvalue weighted by atomic mass is 10.1. The van der Waals surface area contributed by atoms with Crippen LogP contribution in [-0.2, 0) is 11.2 Å². The van der Waals surface area contributed by atoms with Gasteiger partial charge in [-0.15, -0.1) is 0 Å². The largest absolute Gasteiger partial charge is 0.392 e. The summed E-state index contributed by atoms with van der Waals surface area (Å²) in [5.74, 6) is -0.0200. The molecule has 0 bridgehead atoms. The van der Waals surface area contributed by atoms with Gasteiger partial charge in [0.15, 0.2) is 0 Å². The van der Waals surface area contributed by atoms with Crippen LogP contribution in [0.4, 0.5) is 5.69 Å². The van der Waals surface area contributed by atoms with Crippen LogP contribution in [0.2, 0.25) is 0 Å². The number of hydrogen-bond donors (Lipinski definition) is 2. The number of nitrogens with one attached hydrogen (secondary N) is 1. The van der Waals surface area contributed by atoms with Gasteiger partial charge in [0.1, 0.15) is 0 Å². The molecule has 1 aliphatic heterocycles. The van der Waals surface area contributed by atoms with Gasteiger partial charge in [0.2, 0.25) is 5.91 Å². The third-order valence-electron chi connectivity index (χ3n) is 3.26. The van der Waals surface area contributed by atoms with Crippen molar-refractivity contribution in [3.05, 3.63) is 29.8 Å². The van der Waals surface area contributed by atoms with Crippen molar-refractivity contribution in [1.29, 1.82) is 0 Å². The third kappa shape index (κ3) is 3.55. The Kier molecular flexibility index (Phi) is 4.33. The fraction of sp³-hybridized carbons (Fsp3) is 0.500. The van der Waals surface area contributed by atoms with Gasteiger partial charge >= 0.3 is 0 Å². The van der Waals surface area contributed by atoms with Gasteiger partial charge in [-0.1, -0.05) is 19.1 Å². The van der Waals surface area contributed by atoms with Crippen molar-refractivity contribution in [2.75, 3.05) is 25.0 Å². The van der Waals surface area contributed by atoms with E-state index in [-0.39, 0.29) is 12.0 Å². The van der Waals surface area contributed by atoms with E-state index >= 15 is 0 Å². The van der Waals surface area contributed by atoms with E-state index in [9.17, 15) is 9.90 Å². The number of likely N-dealkylation sites (tertiary alicyclic amines) is 1. The second-order valence-electron chi connectivity index (χ2n) is 4.78. The Labute approximate surface area is 108 Å². The summed E-state index contributed by atoms with van der Waals surface area (Å²) in [6.45, 7) is 3.85. The smallest absolute Gasteiger partial charge is 0.238 e. The summed E-state index contributed by atoms with van der Waals surface area (Å²) in [6.07, 6.45) is 1.49. The average Bonchev–Trinajstić information content (AvgIpc) is 2.75. The van der Waals surface area contributed by atoms with Gasteiger partial charge in [-0.05, 0) is 30.5 Å². The number of β-amino-alcohol motifs (C(OH)–C–C–N with tert-alkyl or cyclic N) is 1. The van der Waals surface area contributed by atoms with Crippen molar-refractivity contribution in [3.8, 4) is 0 Å². The van der Waals surface area contributed by atoms with Gasteiger partial charge in [0.25, 0.3) is 0 Å². The molecule has 1 atom stereocenters. The van der Waals surface area contributed by atoms with Crippen LogP contribution in [0.25, 0.3) is 0 Å². The molecule has 0 radical (unpaired) electrons. The van der Waals surface area contributed by atoms with Gasteiger partial charge in [-0.2, -0.15) is 0 Å². The minimum atomic E-state index is -0.276. The number of anilines is 1. The van der Waals surface area contributed by atoms with Crippen LogP contribution in [0.15, 0.2) is 24.3 Å². The van der Waals surface area contributed by atoms with Crippen molar-refractivity contribution in [2.24, 2.45) is 0 Å². The first-order valence-corrected chi connectivity index (χ1v) is 6.46. The molecule has 0 spiro atoms. The van der Waals surface area contributed by atoms with E-state index in [0.29, 0.717) is 13.1 Å². The second kappa shape index (κ2) is 5.98. The van der Waals surface area contributed by atoms with Gasteiger partial charge in [0, 0.05) is 18.8 Å². The Morgan fingerprint density at radius 1 is 1.44 bits per heavy atom. The Hall–Kier alpha value is -1.39. The SMILES string of the molecule is CCc1ccc(NC(=O)CN2CCC(O)C2)cc1. The van der Waals surface area contributed by atoms with E-state index < -0.39 is 0 Å². The minimum absolute atomic E-state index is 0.0200. The highest BCUT2D eigenvalue weighted by molar-refractivity contribution is 5.92. The molecule has 2 rings (SSSR count). The first kappa shape index (κ1) is 13.1. The molecule has 1 fully saturated rings. The van der Waals surface area contributed by atoms with E-state index in [0.717, 1.165) is 25.1 Å². The zero-order chi connectivity index (χ0) is 13.0. The van der Waals surface area contributed by atoms with Crippen LogP contribution in [0.5, 0.6) is 0 Å². The van der Waals surface area contributed by atoms with Crippen LogP contribution in [0.1, 0.15) is 18.9 Å². The second-order valence-corrected chi connectivity index (χ2v) is 4.78. The van der Waals surface area contributed by atoms with Gasteiger partial charge in [-0.25, -0.2) is 0 Å². The van der Waals surface area contributed by atoms with E-state index in [1.54, 1.807) is 0 Å². The molecule has 4 nitrogen and oxygen atoms in total. The van der Waals surface area contributed by atoms with Gasteiger partial charge in [-0.3, -0.25) is 9.69 Å². The molecule has 1 aromatic carbocycles. The molecule has 0 saturated carbocycles. The highest BCUT2D eigenvalue weighted by Crippen LogP contribution is 2.11. The Bertz CT molecular complexity index is 403. The lowest BCUT2D eigenvalue weighted by Gasteiger charge is -2.14. The number of aliphatic hydroxyl groups is 1. The lowest BCUT2D eigenvalue weighted by molar-refractivity contribution is -0.117. The Morgan fingerprint density at radius 3 is 2.72 bits per heavy atom. The van der Waals surface area contributed by atoms with E-state index in [1.165, 1.54) is 5.56 Å². The number of hydrogen-bond acceptors (Lipinski definition) is 3. The highest BCUT2D eigenvalue weighted by atomic mass is 16.3. The first-order valence-electron chi connectivity index (χ1n) is 6.46. The molecule has 18 heavy (non-hydrogen) atoms. The molecule has 2 N–H and O–H groups in total. The molecule has 1 amide bonds. The van der Waals surface area contributed by atoms with E-state index in [4.69, 9.17) is 0 Å². The number of aryl methyl sites for hydroxylation is 1. The maximum Gasteiger partial charge on any atom is 0.238 e. The number of benzene rings is 1. The summed E-state index contributed by atoms with van der Waals surface area (Å²) in [4.78, 5) is 13.8. The molecular weight excluding hydrogens is 228 g/mol. The fourth-order valence-corrected chi connectivity index (χ4v) is 2.18. The third-order valence-corrected chi connectivity index (χ3v) is 3.26. The number of carbonyl (C=O) groups is 1.